The van der Waals surface area contributed by atoms with Gasteiger partial charge in [-0.25, -0.2) is 4.79 Å². The molecule has 1 unspecified atom stereocenters. The molecule has 3 atom stereocenters. The molecular formula is C23H30O5. The molecule has 0 amide bonds. The topological polar surface area (TPSA) is 94.8 Å². The number of allylic oxidation sites excluding steroid dienone is 3. The third-order valence-electron chi connectivity index (χ3n) is 5.55. The van der Waals surface area contributed by atoms with E-state index >= 15 is 0 Å². The third-order valence-corrected chi connectivity index (χ3v) is 5.55. The molecule has 5 nitrogen and oxygen atoms in total. The van der Waals surface area contributed by atoms with E-state index in [1.807, 2.05) is 18.2 Å². The lowest BCUT2D eigenvalue weighted by Gasteiger charge is -2.15. The van der Waals surface area contributed by atoms with E-state index in [4.69, 9.17) is 5.11 Å². The molecule has 0 bridgehead atoms. The summed E-state index contributed by atoms with van der Waals surface area (Å²) < 4.78 is 0. The van der Waals surface area contributed by atoms with Crippen LogP contribution in [0.2, 0.25) is 0 Å². The summed E-state index contributed by atoms with van der Waals surface area (Å²) in [5.41, 5.74) is 1.31. The van der Waals surface area contributed by atoms with Crippen LogP contribution in [0.3, 0.4) is 0 Å². The number of hydrogen-bond acceptors (Lipinski definition) is 4. The SMILES string of the molecule is CC(C/C=C/[C@H]1CCC(=O)[C@@H]1CCCC/C(O)=C(\O)C(=O)O)c1ccccc1. The Morgan fingerprint density at radius 3 is 2.57 bits per heavy atom. The van der Waals surface area contributed by atoms with Crippen molar-refractivity contribution in [3.63, 3.8) is 0 Å². The second kappa shape index (κ2) is 10.7. The largest absolute Gasteiger partial charge is 0.508 e. The number of carboxylic acids is 1. The third kappa shape index (κ3) is 6.25. The highest BCUT2D eigenvalue weighted by molar-refractivity contribution is 5.84. The first kappa shape index (κ1) is 21.7. The van der Waals surface area contributed by atoms with Gasteiger partial charge in [0.15, 0.2) is 0 Å². The van der Waals surface area contributed by atoms with Gasteiger partial charge < -0.3 is 15.3 Å². The molecule has 1 aliphatic carbocycles. The van der Waals surface area contributed by atoms with Gasteiger partial charge in [0.2, 0.25) is 5.76 Å². The number of rotatable bonds is 10. The minimum atomic E-state index is -1.53. The normalized spacial score (nSPS) is 21.7. The molecular weight excluding hydrogens is 356 g/mol. The smallest absolute Gasteiger partial charge is 0.374 e. The van der Waals surface area contributed by atoms with Crippen molar-refractivity contribution >= 4 is 11.8 Å². The number of carboxylic acid groups (broad SMARTS) is 1. The maximum Gasteiger partial charge on any atom is 0.374 e. The van der Waals surface area contributed by atoms with Crippen LogP contribution >= 0.6 is 0 Å². The lowest BCUT2D eigenvalue weighted by molar-refractivity contribution is -0.136. The summed E-state index contributed by atoms with van der Waals surface area (Å²) >= 11 is 0. The summed E-state index contributed by atoms with van der Waals surface area (Å²) in [5.74, 6) is -2.04. The maximum absolute atomic E-state index is 12.2. The predicted molar refractivity (Wildman–Crippen MR) is 108 cm³/mol. The van der Waals surface area contributed by atoms with Crippen molar-refractivity contribution in [3.8, 4) is 0 Å². The number of ketones is 1. The molecule has 2 rings (SSSR count). The van der Waals surface area contributed by atoms with Gasteiger partial charge in [0.05, 0.1) is 0 Å². The number of benzene rings is 1. The molecule has 3 N–H and O–H groups in total. The van der Waals surface area contributed by atoms with Gasteiger partial charge in [0.25, 0.3) is 0 Å². The Hall–Kier alpha value is -2.56. The monoisotopic (exact) mass is 386 g/mol. The van der Waals surface area contributed by atoms with Crippen LogP contribution in [0.4, 0.5) is 0 Å². The number of carbonyl (C=O) groups excluding carboxylic acids is 1. The Balaban J connectivity index is 1.80. The molecule has 28 heavy (non-hydrogen) atoms. The quantitative estimate of drug-likeness (QED) is 0.219. The van der Waals surface area contributed by atoms with E-state index in [9.17, 15) is 19.8 Å². The molecule has 5 heteroatoms. The second-order valence-electron chi connectivity index (χ2n) is 7.60. The zero-order chi connectivity index (χ0) is 20.5. The first-order valence-electron chi connectivity index (χ1n) is 9.98. The van der Waals surface area contributed by atoms with E-state index in [0.717, 1.165) is 19.3 Å². The summed E-state index contributed by atoms with van der Waals surface area (Å²) in [6.45, 7) is 2.20. The first-order chi connectivity index (χ1) is 13.4. The van der Waals surface area contributed by atoms with Crippen LogP contribution in [0.25, 0.3) is 0 Å². The zero-order valence-electron chi connectivity index (χ0n) is 16.4. The number of aliphatic hydroxyl groups excluding tert-OH is 2. The molecule has 1 aromatic rings. The average Bonchev–Trinajstić information content (AvgIpc) is 3.04. The summed E-state index contributed by atoms with van der Waals surface area (Å²) in [4.78, 5) is 22.8. The fraction of sp³-hybridized carbons (Fsp3) is 0.478. The van der Waals surface area contributed by atoms with Crippen LogP contribution in [-0.4, -0.2) is 27.1 Å². The van der Waals surface area contributed by atoms with Crippen molar-refractivity contribution in [2.75, 3.05) is 0 Å². The summed E-state index contributed by atoms with van der Waals surface area (Å²) in [7, 11) is 0. The Kier molecular flexibility index (Phi) is 8.30. The fourth-order valence-corrected chi connectivity index (χ4v) is 3.81. The number of aliphatic carboxylic acids is 1. The predicted octanol–water partition coefficient (Wildman–Crippen LogP) is 5.30. The molecule has 1 aromatic carbocycles. The number of Topliss-reactive ketones (excluding diaryl/α,β-unsaturated/α-hetero) is 1. The Bertz CT molecular complexity index is 720. The van der Waals surface area contributed by atoms with E-state index in [1.54, 1.807) is 0 Å². The summed E-state index contributed by atoms with van der Waals surface area (Å²) in [6, 6.07) is 10.4. The van der Waals surface area contributed by atoms with Crippen LogP contribution in [0.5, 0.6) is 0 Å². The van der Waals surface area contributed by atoms with Gasteiger partial charge in [-0.05, 0) is 43.1 Å². The van der Waals surface area contributed by atoms with Gasteiger partial charge in [-0.15, -0.1) is 0 Å². The maximum atomic E-state index is 12.2. The van der Waals surface area contributed by atoms with Crippen LogP contribution in [0.15, 0.2) is 54.0 Å². The molecule has 1 saturated carbocycles. The highest BCUT2D eigenvalue weighted by Gasteiger charge is 2.32. The molecule has 0 radical (unpaired) electrons. The second-order valence-corrected chi connectivity index (χ2v) is 7.60. The minimum Gasteiger partial charge on any atom is -0.508 e. The van der Waals surface area contributed by atoms with Crippen LogP contribution in [0, 0.1) is 11.8 Å². The summed E-state index contributed by atoms with van der Waals surface area (Å²) in [5, 5.41) is 27.3. The van der Waals surface area contributed by atoms with Gasteiger partial charge >= 0.3 is 5.97 Å². The highest BCUT2D eigenvalue weighted by Crippen LogP contribution is 2.34. The molecule has 0 aromatic heterocycles. The first-order valence-corrected chi connectivity index (χ1v) is 9.98. The Morgan fingerprint density at radius 1 is 1.18 bits per heavy atom. The van der Waals surface area contributed by atoms with Gasteiger partial charge in [-0.3, -0.25) is 4.79 Å². The van der Waals surface area contributed by atoms with Crippen molar-refractivity contribution in [1.29, 1.82) is 0 Å². The van der Waals surface area contributed by atoms with Gasteiger partial charge in [-0.1, -0.05) is 55.8 Å². The van der Waals surface area contributed by atoms with Crippen molar-refractivity contribution in [2.45, 2.75) is 57.8 Å². The van der Waals surface area contributed by atoms with E-state index in [-0.39, 0.29) is 18.3 Å². The van der Waals surface area contributed by atoms with Crippen molar-refractivity contribution in [2.24, 2.45) is 11.8 Å². The van der Waals surface area contributed by atoms with Crippen LogP contribution < -0.4 is 0 Å². The number of aliphatic hydroxyl groups is 2. The minimum absolute atomic E-state index is 0.00229. The van der Waals surface area contributed by atoms with E-state index in [0.29, 0.717) is 31.0 Å². The standard InChI is InChI=1S/C23H30O5/c1-16(17-9-3-2-4-10-17)8-7-11-18-14-15-20(24)19(18)12-5-6-13-21(25)22(26)23(27)28/h2-4,7,9-11,16,18-19,25-26H,5-6,8,12-15H2,1H3,(H,27,28)/b11-7+,22-21+/t16?,18-,19+/m0/s1. The lowest BCUT2D eigenvalue weighted by atomic mass is 9.89. The number of unbranched alkanes of at least 4 members (excludes halogenated alkanes) is 1. The summed E-state index contributed by atoms with van der Waals surface area (Å²) in [6.07, 6.45) is 8.87. The molecule has 1 fully saturated rings. The van der Waals surface area contributed by atoms with Crippen molar-refractivity contribution in [1.82, 2.24) is 0 Å². The number of carbonyl (C=O) groups is 2. The molecule has 152 valence electrons. The molecule has 0 saturated heterocycles. The van der Waals surface area contributed by atoms with E-state index in [2.05, 4.69) is 31.2 Å². The lowest BCUT2D eigenvalue weighted by Crippen LogP contribution is -2.13. The fourth-order valence-electron chi connectivity index (χ4n) is 3.81. The Morgan fingerprint density at radius 2 is 1.89 bits per heavy atom. The molecule has 1 aliphatic rings. The van der Waals surface area contributed by atoms with Gasteiger partial charge in [0.1, 0.15) is 11.5 Å². The molecule has 0 spiro atoms. The Labute approximate surface area is 166 Å². The van der Waals surface area contributed by atoms with E-state index in [1.165, 1.54) is 5.56 Å². The van der Waals surface area contributed by atoms with Crippen molar-refractivity contribution in [3.05, 3.63) is 59.6 Å². The number of hydrogen-bond donors (Lipinski definition) is 3. The van der Waals surface area contributed by atoms with E-state index < -0.39 is 17.5 Å². The van der Waals surface area contributed by atoms with Gasteiger partial charge in [0, 0.05) is 18.8 Å². The molecule has 0 aliphatic heterocycles. The average molecular weight is 386 g/mol. The van der Waals surface area contributed by atoms with Crippen molar-refractivity contribution < 1.29 is 24.9 Å². The van der Waals surface area contributed by atoms with Gasteiger partial charge in [-0.2, -0.15) is 0 Å². The highest BCUT2D eigenvalue weighted by atomic mass is 16.4. The van der Waals surface area contributed by atoms with Crippen LogP contribution in [0.1, 0.15) is 63.4 Å². The zero-order valence-corrected chi connectivity index (χ0v) is 16.4. The van der Waals surface area contributed by atoms with Crippen LogP contribution in [-0.2, 0) is 9.59 Å². The molecule has 0 heterocycles.